The van der Waals surface area contributed by atoms with E-state index in [0.29, 0.717) is 12.6 Å². The van der Waals surface area contributed by atoms with Gasteiger partial charge in [0.25, 0.3) is 0 Å². The average molecular weight is 305 g/mol. The molecule has 0 saturated carbocycles. The maximum atomic E-state index is 10.0. The van der Waals surface area contributed by atoms with Crippen molar-refractivity contribution in [3.05, 3.63) is 35.4 Å². The number of ether oxygens (including phenoxy) is 2. The molecule has 0 aliphatic carbocycles. The fourth-order valence-electron chi connectivity index (χ4n) is 3.69. The highest BCUT2D eigenvalue weighted by molar-refractivity contribution is 5.24. The summed E-state index contributed by atoms with van der Waals surface area (Å²) in [5.41, 5.74) is 2.02. The summed E-state index contributed by atoms with van der Waals surface area (Å²) in [4.78, 5) is 2.50. The zero-order valence-corrected chi connectivity index (χ0v) is 13.5. The van der Waals surface area contributed by atoms with Gasteiger partial charge in [0.1, 0.15) is 5.60 Å². The molecule has 2 heterocycles. The number of aliphatic hydroxyl groups excluding tert-OH is 1. The maximum absolute atomic E-state index is 10.0. The van der Waals surface area contributed by atoms with Crippen molar-refractivity contribution in [1.82, 2.24) is 4.90 Å². The molecule has 4 heteroatoms. The van der Waals surface area contributed by atoms with Crippen molar-refractivity contribution >= 4 is 0 Å². The molecule has 0 spiro atoms. The van der Waals surface area contributed by atoms with E-state index in [0.717, 1.165) is 45.6 Å². The van der Waals surface area contributed by atoms with Gasteiger partial charge in [-0.05, 0) is 25.3 Å². The molecule has 0 bridgehead atoms. The monoisotopic (exact) mass is 305 g/mol. The minimum absolute atomic E-state index is 0.0701. The van der Waals surface area contributed by atoms with E-state index in [9.17, 15) is 5.11 Å². The van der Waals surface area contributed by atoms with Gasteiger partial charge in [-0.1, -0.05) is 29.8 Å². The summed E-state index contributed by atoms with van der Waals surface area (Å²) >= 11 is 0. The maximum Gasteiger partial charge on any atom is 0.108 e. The quantitative estimate of drug-likeness (QED) is 0.921. The Morgan fingerprint density at radius 1 is 1.27 bits per heavy atom. The van der Waals surface area contributed by atoms with Gasteiger partial charge < -0.3 is 14.6 Å². The Hall–Kier alpha value is -0.940. The van der Waals surface area contributed by atoms with Crippen LogP contribution in [0.15, 0.2) is 24.3 Å². The van der Waals surface area contributed by atoms with Crippen molar-refractivity contribution in [1.29, 1.82) is 0 Å². The molecule has 0 aromatic heterocycles. The number of nitrogens with zero attached hydrogens (tertiary/aromatic N) is 1. The molecule has 122 valence electrons. The van der Waals surface area contributed by atoms with Crippen LogP contribution in [0.4, 0.5) is 0 Å². The molecule has 2 saturated heterocycles. The minimum atomic E-state index is -0.468. The summed E-state index contributed by atoms with van der Waals surface area (Å²) in [6.07, 6.45) is 2.95. The van der Waals surface area contributed by atoms with Crippen molar-refractivity contribution in [3.63, 3.8) is 0 Å². The van der Waals surface area contributed by atoms with Crippen LogP contribution in [0.2, 0.25) is 0 Å². The van der Waals surface area contributed by atoms with Crippen LogP contribution in [-0.4, -0.2) is 61.2 Å². The van der Waals surface area contributed by atoms with Crippen molar-refractivity contribution in [2.24, 2.45) is 0 Å². The SMILES string of the molecule is Cc1cccc(CC2(CO)CN(C3CCOCC3)CCO2)c1. The van der Waals surface area contributed by atoms with E-state index in [1.165, 1.54) is 11.1 Å². The summed E-state index contributed by atoms with van der Waals surface area (Å²) in [7, 11) is 0. The first-order valence-electron chi connectivity index (χ1n) is 8.33. The number of hydrogen-bond donors (Lipinski definition) is 1. The van der Waals surface area contributed by atoms with Crippen LogP contribution >= 0.6 is 0 Å². The molecular formula is C18H27NO3. The van der Waals surface area contributed by atoms with Gasteiger partial charge in [-0.25, -0.2) is 0 Å². The van der Waals surface area contributed by atoms with Crippen LogP contribution in [0.3, 0.4) is 0 Å². The number of rotatable bonds is 4. The van der Waals surface area contributed by atoms with Crippen LogP contribution < -0.4 is 0 Å². The van der Waals surface area contributed by atoms with Gasteiger partial charge in [0.15, 0.2) is 0 Å². The van der Waals surface area contributed by atoms with Gasteiger partial charge in [-0.2, -0.15) is 0 Å². The van der Waals surface area contributed by atoms with Crippen LogP contribution in [0, 0.1) is 6.92 Å². The lowest BCUT2D eigenvalue weighted by atomic mass is 9.91. The Bertz CT molecular complexity index is 487. The second-order valence-electron chi connectivity index (χ2n) is 6.67. The summed E-state index contributed by atoms with van der Waals surface area (Å²) in [6.45, 7) is 6.34. The minimum Gasteiger partial charge on any atom is -0.393 e. The van der Waals surface area contributed by atoms with Gasteiger partial charge in [-0.15, -0.1) is 0 Å². The smallest absolute Gasteiger partial charge is 0.108 e. The molecule has 1 aromatic carbocycles. The number of hydrogen-bond acceptors (Lipinski definition) is 4. The normalized spacial score (nSPS) is 27.9. The fraction of sp³-hybridized carbons (Fsp3) is 0.667. The van der Waals surface area contributed by atoms with Crippen LogP contribution in [0.5, 0.6) is 0 Å². The van der Waals surface area contributed by atoms with Gasteiger partial charge >= 0.3 is 0 Å². The Kier molecular flexibility index (Phi) is 5.14. The lowest BCUT2D eigenvalue weighted by molar-refractivity contribution is -0.146. The van der Waals surface area contributed by atoms with E-state index in [-0.39, 0.29) is 6.61 Å². The highest BCUT2D eigenvalue weighted by Gasteiger charge is 2.38. The van der Waals surface area contributed by atoms with Gasteiger partial charge in [0.2, 0.25) is 0 Å². The Labute approximate surface area is 133 Å². The van der Waals surface area contributed by atoms with Gasteiger partial charge in [0, 0.05) is 38.8 Å². The van der Waals surface area contributed by atoms with E-state index >= 15 is 0 Å². The average Bonchev–Trinajstić information content (AvgIpc) is 2.56. The van der Waals surface area contributed by atoms with E-state index in [1.54, 1.807) is 0 Å². The van der Waals surface area contributed by atoms with E-state index in [2.05, 4.69) is 36.1 Å². The van der Waals surface area contributed by atoms with Crippen molar-refractivity contribution < 1.29 is 14.6 Å². The molecule has 2 fully saturated rings. The summed E-state index contributed by atoms with van der Waals surface area (Å²) < 4.78 is 11.5. The Balaban J connectivity index is 1.70. The first-order chi connectivity index (χ1) is 10.7. The topological polar surface area (TPSA) is 41.9 Å². The first kappa shape index (κ1) is 15.9. The van der Waals surface area contributed by atoms with Crippen molar-refractivity contribution in [2.75, 3.05) is 39.5 Å². The third-order valence-corrected chi connectivity index (χ3v) is 4.88. The van der Waals surface area contributed by atoms with Gasteiger partial charge in [0.05, 0.1) is 13.2 Å². The highest BCUT2D eigenvalue weighted by atomic mass is 16.5. The fourth-order valence-corrected chi connectivity index (χ4v) is 3.69. The third kappa shape index (κ3) is 3.69. The van der Waals surface area contributed by atoms with Crippen molar-refractivity contribution in [3.8, 4) is 0 Å². The summed E-state index contributed by atoms with van der Waals surface area (Å²) in [5, 5.41) is 10.0. The zero-order chi connectivity index (χ0) is 15.4. The molecule has 0 amide bonds. The highest BCUT2D eigenvalue weighted by Crippen LogP contribution is 2.27. The number of aliphatic hydroxyl groups is 1. The molecule has 22 heavy (non-hydrogen) atoms. The van der Waals surface area contributed by atoms with Crippen LogP contribution in [0.1, 0.15) is 24.0 Å². The third-order valence-electron chi connectivity index (χ3n) is 4.88. The Morgan fingerprint density at radius 2 is 2.09 bits per heavy atom. The molecule has 1 aromatic rings. The second-order valence-corrected chi connectivity index (χ2v) is 6.67. The lowest BCUT2D eigenvalue weighted by Crippen LogP contribution is -2.58. The van der Waals surface area contributed by atoms with E-state index in [4.69, 9.17) is 9.47 Å². The molecule has 3 rings (SSSR count). The largest absolute Gasteiger partial charge is 0.393 e. The molecule has 0 radical (unpaired) electrons. The number of morpholine rings is 1. The predicted octanol–water partition coefficient (Wildman–Crippen LogP) is 1.78. The van der Waals surface area contributed by atoms with E-state index < -0.39 is 5.60 Å². The van der Waals surface area contributed by atoms with Crippen LogP contribution in [0.25, 0.3) is 0 Å². The molecule has 4 nitrogen and oxygen atoms in total. The second kappa shape index (κ2) is 7.09. The molecule has 1 N–H and O–H groups in total. The standard InChI is InChI=1S/C18H27NO3/c1-15-3-2-4-16(11-15)12-18(14-20)13-19(7-10-22-18)17-5-8-21-9-6-17/h2-4,11,17,20H,5-10,12-14H2,1H3. The van der Waals surface area contributed by atoms with Crippen molar-refractivity contribution in [2.45, 2.75) is 37.8 Å². The predicted molar refractivity (Wildman–Crippen MR) is 86.1 cm³/mol. The number of aryl methyl sites for hydroxylation is 1. The zero-order valence-electron chi connectivity index (χ0n) is 13.5. The summed E-state index contributed by atoms with van der Waals surface area (Å²) in [5.74, 6) is 0. The summed E-state index contributed by atoms with van der Waals surface area (Å²) in [6, 6.07) is 9.07. The van der Waals surface area contributed by atoms with Gasteiger partial charge in [-0.3, -0.25) is 4.90 Å². The van der Waals surface area contributed by atoms with E-state index in [1.807, 2.05) is 0 Å². The molecule has 1 unspecified atom stereocenters. The molecule has 2 aliphatic rings. The van der Waals surface area contributed by atoms with Crippen LogP contribution in [-0.2, 0) is 15.9 Å². The Morgan fingerprint density at radius 3 is 2.82 bits per heavy atom. The first-order valence-corrected chi connectivity index (χ1v) is 8.33. The molecule has 2 aliphatic heterocycles. The molecule has 1 atom stereocenters. The molecular weight excluding hydrogens is 278 g/mol. The number of benzene rings is 1. The lowest BCUT2D eigenvalue weighted by Gasteiger charge is -2.45.